The molecule has 32 heavy (non-hydrogen) atoms. The highest BCUT2D eigenvalue weighted by molar-refractivity contribution is 5.80. The maximum Gasteiger partial charge on any atom is 0.227 e. The van der Waals surface area contributed by atoms with Gasteiger partial charge in [-0.15, -0.1) is 0 Å². The highest BCUT2D eigenvalue weighted by Gasteiger charge is 2.34. The van der Waals surface area contributed by atoms with Crippen LogP contribution in [-0.2, 0) is 18.3 Å². The molecule has 7 nitrogen and oxygen atoms in total. The number of anilines is 1. The number of amides is 1. The summed E-state index contributed by atoms with van der Waals surface area (Å²) in [7, 11) is 1.96. The summed E-state index contributed by atoms with van der Waals surface area (Å²) in [6.07, 6.45) is 8.45. The molecule has 166 valence electrons. The smallest absolute Gasteiger partial charge is 0.227 e. The molecule has 0 N–H and O–H groups in total. The van der Waals surface area contributed by atoms with Crippen LogP contribution < -0.4 is 4.90 Å². The average molecular weight is 431 g/mol. The van der Waals surface area contributed by atoms with Crippen LogP contribution >= 0.6 is 0 Å². The molecule has 2 fully saturated rings. The highest BCUT2D eigenvalue weighted by Crippen LogP contribution is 2.37. The Balaban J connectivity index is 1.42. The summed E-state index contributed by atoms with van der Waals surface area (Å²) in [6, 6.07) is 10.2. The first kappa shape index (κ1) is 20.7. The van der Waals surface area contributed by atoms with Crippen molar-refractivity contribution >= 4 is 11.9 Å². The molecule has 2 aromatic heterocycles. The molecule has 7 heteroatoms. The Hall–Kier alpha value is -3.22. The first-order valence-electron chi connectivity index (χ1n) is 11.6. The lowest BCUT2D eigenvalue weighted by molar-refractivity contribution is -0.131. The first-order chi connectivity index (χ1) is 15.6. The van der Waals surface area contributed by atoms with Crippen LogP contribution in [0.3, 0.4) is 0 Å². The zero-order valence-corrected chi connectivity index (χ0v) is 18.9. The van der Waals surface area contributed by atoms with Crippen molar-refractivity contribution in [1.29, 1.82) is 0 Å². The summed E-state index contributed by atoms with van der Waals surface area (Å²) in [4.78, 5) is 26.9. The molecule has 1 amide bonds. The Morgan fingerprint density at radius 2 is 1.84 bits per heavy atom. The van der Waals surface area contributed by atoms with Crippen molar-refractivity contribution < 1.29 is 4.79 Å². The lowest BCUT2D eigenvalue weighted by atomic mass is 10.0. The van der Waals surface area contributed by atoms with Crippen LogP contribution in [0, 0.1) is 6.92 Å². The summed E-state index contributed by atoms with van der Waals surface area (Å²) in [5.74, 6) is 0.956. The fourth-order valence-electron chi connectivity index (χ4n) is 4.94. The predicted molar refractivity (Wildman–Crippen MR) is 124 cm³/mol. The molecule has 2 aliphatic rings. The Bertz CT molecular complexity index is 1100. The second-order valence-electron chi connectivity index (χ2n) is 8.91. The first-order valence-corrected chi connectivity index (χ1v) is 11.6. The molecule has 0 aliphatic carbocycles. The van der Waals surface area contributed by atoms with Crippen molar-refractivity contribution in [1.82, 2.24) is 24.6 Å². The summed E-state index contributed by atoms with van der Waals surface area (Å²) in [5, 5.41) is 4.56. The second kappa shape index (κ2) is 8.73. The van der Waals surface area contributed by atoms with Crippen LogP contribution in [0.2, 0.25) is 0 Å². The Morgan fingerprint density at radius 3 is 2.62 bits per heavy atom. The number of carbonyl (C=O) groups is 1. The molecule has 0 radical (unpaired) electrons. The summed E-state index contributed by atoms with van der Waals surface area (Å²) >= 11 is 0. The van der Waals surface area contributed by atoms with E-state index in [-0.39, 0.29) is 11.9 Å². The Kier molecular flexibility index (Phi) is 5.64. The van der Waals surface area contributed by atoms with Gasteiger partial charge in [-0.3, -0.25) is 9.48 Å². The normalized spacial score (nSPS) is 18.5. The number of nitrogens with zero attached hydrogens (tertiary/aromatic N) is 6. The highest BCUT2D eigenvalue weighted by atomic mass is 16.2. The standard InChI is InChI=1S/C25H30N6O/c1-18-7-9-19(10-8-18)16-23(32)31-15-5-6-22(31)24-20(17-27-29(24)2)21-11-12-26-25(28-21)30-13-3-4-14-30/h7-12,17,22H,3-6,13-16H2,1-2H3. The van der Waals surface area contributed by atoms with Crippen molar-refractivity contribution in [3.8, 4) is 11.3 Å². The molecular weight excluding hydrogens is 400 g/mol. The van der Waals surface area contributed by atoms with Crippen molar-refractivity contribution in [3.63, 3.8) is 0 Å². The molecule has 1 atom stereocenters. The topological polar surface area (TPSA) is 67.2 Å². The van der Waals surface area contributed by atoms with Gasteiger partial charge in [0.1, 0.15) is 0 Å². The number of benzene rings is 1. The van der Waals surface area contributed by atoms with Gasteiger partial charge in [0, 0.05) is 38.4 Å². The van der Waals surface area contributed by atoms with Crippen LogP contribution in [0.4, 0.5) is 5.95 Å². The zero-order chi connectivity index (χ0) is 22.1. The van der Waals surface area contributed by atoms with Crippen LogP contribution in [-0.4, -0.2) is 50.2 Å². The molecular formula is C25H30N6O. The van der Waals surface area contributed by atoms with Crippen LogP contribution in [0.25, 0.3) is 11.3 Å². The van der Waals surface area contributed by atoms with Crippen molar-refractivity contribution in [2.45, 2.75) is 45.1 Å². The third kappa shape index (κ3) is 3.99. The number of aromatic nitrogens is 4. The number of aryl methyl sites for hydroxylation is 2. The minimum absolute atomic E-state index is 0.0145. The third-order valence-electron chi connectivity index (χ3n) is 6.66. The Labute approximate surface area is 189 Å². The molecule has 0 bridgehead atoms. The minimum Gasteiger partial charge on any atom is -0.341 e. The largest absolute Gasteiger partial charge is 0.341 e. The van der Waals surface area contributed by atoms with Gasteiger partial charge in [-0.05, 0) is 44.2 Å². The second-order valence-corrected chi connectivity index (χ2v) is 8.91. The van der Waals surface area contributed by atoms with Gasteiger partial charge in [0.15, 0.2) is 0 Å². The van der Waals surface area contributed by atoms with Crippen molar-refractivity contribution in [3.05, 3.63) is 59.5 Å². The number of likely N-dealkylation sites (tertiary alicyclic amines) is 1. The fraction of sp³-hybridized carbons (Fsp3) is 0.440. The zero-order valence-electron chi connectivity index (χ0n) is 18.9. The van der Waals surface area contributed by atoms with Crippen LogP contribution in [0.15, 0.2) is 42.7 Å². The van der Waals surface area contributed by atoms with Crippen molar-refractivity contribution in [2.24, 2.45) is 7.05 Å². The van der Waals surface area contributed by atoms with Gasteiger partial charge in [-0.2, -0.15) is 5.10 Å². The average Bonchev–Trinajstić information content (AvgIpc) is 3.56. The predicted octanol–water partition coefficient (Wildman–Crippen LogP) is 3.69. The summed E-state index contributed by atoms with van der Waals surface area (Å²) in [6.45, 7) is 4.86. The van der Waals surface area contributed by atoms with E-state index in [1.165, 1.54) is 18.4 Å². The van der Waals surface area contributed by atoms with Gasteiger partial charge in [0.05, 0.1) is 30.0 Å². The minimum atomic E-state index is 0.0145. The fourth-order valence-corrected chi connectivity index (χ4v) is 4.94. The molecule has 2 aliphatic heterocycles. The van der Waals surface area contributed by atoms with Gasteiger partial charge in [0.25, 0.3) is 0 Å². The molecule has 0 saturated carbocycles. The van der Waals surface area contributed by atoms with Gasteiger partial charge < -0.3 is 9.80 Å². The lowest BCUT2D eigenvalue weighted by Gasteiger charge is -2.26. The van der Waals surface area contributed by atoms with Gasteiger partial charge in [-0.1, -0.05) is 29.8 Å². The summed E-state index contributed by atoms with van der Waals surface area (Å²) in [5.41, 5.74) is 5.20. The van der Waals surface area contributed by atoms with E-state index in [0.717, 1.165) is 60.9 Å². The van der Waals surface area contributed by atoms with Crippen LogP contribution in [0.5, 0.6) is 0 Å². The van der Waals surface area contributed by atoms with E-state index in [1.54, 1.807) is 0 Å². The maximum absolute atomic E-state index is 13.3. The van der Waals surface area contributed by atoms with E-state index in [9.17, 15) is 4.79 Å². The molecule has 4 heterocycles. The molecule has 2 saturated heterocycles. The van der Waals surface area contributed by atoms with Crippen molar-refractivity contribution in [2.75, 3.05) is 24.5 Å². The monoisotopic (exact) mass is 430 g/mol. The number of hydrogen-bond donors (Lipinski definition) is 0. The quantitative estimate of drug-likeness (QED) is 0.618. The van der Waals surface area contributed by atoms with E-state index >= 15 is 0 Å². The number of carbonyl (C=O) groups excluding carboxylic acids is 1. The van der Waals surface area contributed by atoms with E-state index in [0.29, 0.717) is 6.42 Å². The SMILES string of the molecule is Cc1ccc(CC(=O)N2CCCC2c2c(-c3ccnc(N4CCCC4)n3)cnn2C)cc1. The number of rotatable bonds is 5. The molecule has 0 spiro atoms. The van der Waals surface area contributed by atoms with Gasteiger partial charge in [-0.25, -0.2) is 9.97 Å². The van der Waals surface area contributed by atoms with E-state index in [4.69, 9.17) is 4.98 Å². The van der Waals surface area contributed by atoms with Crippen LogP contribution in [0.1, 0.15) is 48.5 Å². The molecule has 1 unspecified atom stereocenters. The number of hydrogen-bond acceptors (Lipinski definition) is 5. The van der Waals surface area contributed by atoms with Gasteiger partial charge in [0.2, 0.25) is 11.9 Å². The molecule has 5 rings (SSSR count). The van der Waals surface area contributed by atoms with Gasteiger partial charge >= 0.3 is 0 Å². The molecule has 1 aromatic carbocycles. The summed E-state index contributed by atoms with van der Waals surface area (Å²) < 4.78 is 1.91. The molecule has 3 aromatic rings. The Morgan fingerprint density at radius 1 is 1.06 bits per heavy atom. The maximum atomic E-state index is 13.3. The van der Waals surface area contributed by atoms with E-state index in [1.807, 2.05) is 35.1 Å². The van der Waals surface area contributed by atoms with E-state index in [2.05, 4.69) is 46.2 Å². The third-order valence-corrected chi connectivity index (χ3v) is 6.66. The van der Waals surface area contributed by atoms with E-state index < -0.39 is 0 Å². The lowest BCUT2D eigenvalue weighted by Crippen LogP contribution is -2.33.